The van der Waals surface area contributed by atoms with Gasteiger partial charge in [-0.15, -0.1) is 0 Å². The predicted octanol–water partition coefficient (Wildman–Crippen LogP) is 5.43. The largest absolute Gasteiger partial charge is 0.452 e. The summed E-state index contributed by atoms with van der Waals surface area (Å²) in [5, 5.41) is 9.98. The van der Waals surface area contributed by atoms with Crippen molar-refractivity contribution < 1.29 is 13.9 Å². The SMILES string of the molecule is C=C/C(=C\C)n1nc(C(C)(C)C)cc1NC(=O)Nc1ccc(Oc2ccnc3[nH]c(=O)cnc23)c(F)c1. The molecule has 0 radical (unpaired) electrons. The van der Waals surface area contributed by atoms with Gasteiger partial charge in [-0.05, 0) is 25.1 Å². The van der Waals surface area contributed by atoms with Crippen LogP contribution in [-0.2, 0) is 5.41 Å². The average Bonchev–Trinajstić information content (AvgIpc) is 3.25. The number of amides is 2. The van der Waals surface area contributed by atoms with E-state index in [2.05, 4.69) is 37.3 Å². The first-order valence-corrected chi connectivity index (χ1v) is 11.4. The van der Waals surface area contributed by atoms with Crippen LogP contribution in [0.3, 0.4) is 0 Å². The fraction of sp³-hybridized carbons (Fsp3) is 0.192. The summed E-state index contributed by atoms with van der Waals surface area (Å²) < 4.78 is 22.1. The lowest BCUT2D eigenvalue weighted by molar-refractivity contribution is 0.262. The van der Waals surface area contributed by atoms with Crippen molar-refractivity contribution in [3.05, 3.63) is 83.3 Å². The summed E-state index contributed by atoms with van der Waals surface area (Å²) in [4.78, 5) is 34.8. The molecule has 37 heavy (non-hydrogen) atoms. The van der Waals surface area contributed by atoms with Gasteiger partial charge in [0.15, 0.2) is 23.0 Å². The van der Waals surface area contributed by atoms with Gasteiger partial charge in [0.25, 0.3) is 5.56 Å². The maximum Gasteiger partial charge on any atom is 0.324 e. The highest BCUT2D eigenvalue weighted by atomic mass is 19.1. The van der Waals surface area contributed by atoms with Gasteiger partial charge >= 0.3 is 6.03 Å². The highest BCUT2D eigenvalue weighted by Gasteiger charge is 2.22. The van der Waals surface area contributed by atoms with Gasteiger partial charge in [-0.3, -0.25) is 10.1 Å². The van der Waals surface area contributed by atoms with Crippen LogP contribution in [0.2, 0.25) is 0 Å². The van der Waals surface area contributed by atoms with E-state index in [9.17, 15) is 14.0 Å². The summed E-state index contributed by atoms with van der Waals surface area (Å²) in [6, 6.07) is 6.71. The average molecular weight is 504 g/mol. The first-order chi connectivity index (χ1) is 17.6. The number of halogens is 1. The Morgan fingerprint density at radius 2 is 1.95 bits per heavy atom. The first-order valence-electron chi connectivity index (χ1n) is 11.4. The number of anilines is 2. The molecule has 190 valence electrons. The molecule has 0 bridgehead atoms. The number of rotatable bonds is 6. The van der Waals surface area contributed by atoms with Crippen molar-refractivity contribution in [1.29, 1.82) is 0 Å². The number of carbonyl (C=O) groups is 1. The number of ether oxygens (including phenoxy) is 1. The Kier molecular flexibility index (Phi) is 6.87. The van der Waals surface area contributed by atoms with E-state index in [1.165, 1.54) is 24.4 Å². The molecule has 3 aromatic heterocycles. The number of urea groups is 1. The molecule has 0 spiro atoms. The number of pyridine rings is 1. The highest BCUT2D eigenvalue weighted by molar-refractivity contribution is 5.99. The summed E-state index contributed by atoms with van der Waals surface area (Å²) in [7, 11) is 0. The number of aromatic nitrogens is 5. The maximum absolute atomic E-state index is 14.9. The Morgan fingerprint density at radius 1 is 1.16 bits per heavy atom. The lowest BCUT2D eigenvalue weighted by atomic mass is 9.92. The standard InChI is InChI=1S/C26H26FN7O3/c1-6-16(7-2)34-21(13-20(33-34)26(3,4)5)31-25(36)30-15-8-9-18(17(27)12-15)37-19-10-11-28-24-23(19)29-14-22(35)32-24/h6-14H,1H2,2-5H3,(H,28,32,35)(H2,30,31,36)/b16-7+. The van der Waals surface area contributed by atoms with Crippen molar-refractivity contribution in [3.63, 3.8) is 0 Å². The number of fused-ring (bicyclic) bond motifs is 1. The Morgan fingerprint density at radius 3 is 2.62 bits per heavy atom. The topological polar surface area (TPSA) is 127 Å². The molecule has 4 rings (SSSR count). The molecular weight excluding hydrogens is 477 g/mol. The monoisotopic (exact) mass is 503 g/mol. The van der Waals surface area contributed by atoms with E-state index >= 15 is 0 Å². The van der Waals surface area contributed by atoms with Crippen molar-refractivity contribution in [3.8, 4) is 11.5 Å². The quantitative estimate of drug-likeness (QED) is 0.301. The van der Waals surface area contributed by atoms with Crippen LogP contribution in [0.5, 0.6) is 11.5 Å². The van der Waals surface area contributed by atoms with E-state index in [0.29, 0.717) is 11.5 Å². The molecule has 0 aliphatic heterocycles. The van der Waals surface area contributed by atoms with E-state index in [1.807, 2.05) is 33.8 Å². The van der Waals surface area contributed by atoms with E-state index in [0.717, 1.165) is 18.0 Å². The van der Waals surface area contributed by atoms with E-state index in [-0.39, 0.29) is 33.8 Å². The smallest absolute Gasteiger partial charge is 0.324 e. The molecule has 0 saturated heterocycles. The zero-order chi connectivity index (χ0) is 26.7. The van der Waals surface area contributed by atoms with Crippen LogP contribution in [0.25, 0.3) is 16.9 Å². The maximum atomic E-state index is 14.9. The lowest BCUT2D eigenvalue weighted by Crippen LogP contribution is -2.21. The molecule has 0 fully saturated rings. The lowest BCUT2D eigenvalue weighted by Gasteiger charge is -2.14. The van der Waals surface area contributed by atoms with Crippen LogP contribution in [0.15, 0.2) is 66.3 Å². The fourth-order valence-corrected chi connectivity index (χ4v) is 3.43. The summed E-state index contributed by atoms with van der Waals surface area (Å²) in [6.45, 7) is 11.7. The molecule has 0 aliphatic carbocycles. The second-order valence-electron chi connectivity index (χ2n) is 9.07. The van der Waals surface area contributed by atoms with Gasteiger partial charge in [0.2, 0.25) is 0 Å². The minimum atomic E-state index is -0.713. The van der Waals surface area contributed by atoms with Crippen LogP contribution in [0, 0.1) is 5.82 Å². The highest BCUT2D eigenvalue weighted by Crippen LogP contribution is 2.30. The van der Waals surface area contributed by atoms with E-state index in [4.69, 9.17) is 4.74 Å². The zero-order valence-electron chi connectivity index (χ0n) is 20.8. The third kappa shape index (κ3) is 5.56. The van der Waals surface area contributed by atoms with Gasteiger partial charge in [-0.25, -0.2) is 23.8 Å². The second-order valence-corrected chi connectivity index (χ2v) is 9.07. The Balaban J connectivity index is 1.52. The molecule has 0 saturated carbocycles. The molecule has 0 atom stereocenters. The number of nitrogens with one attached hydrogen (secondary N) is 3. The van der Waals surface area contributed by atoms with Crippen molar-refractivity contribution in [2.45, 2.75) is 33.1 Å². The zero-order valence-corrected chi connectivity index (χ0v) is 20.8. The second kappa shape index (κ2) is 10.1. The minimum Gasteiger partial charge on any atom is -0.452 e. The molecule has 4 aromatic rings. The van der Waals surface area contributed by atoms with Crippen LogP contribution in [-0.4, -0.2) is 30.8 Å². The van der Waals surface area contributed by atoms with Crippen molar-refractivity contribution in [2.24, 2.45) is 0 Å². The first kappa shape index (κ1) is 25.3. The molecule has 0 aliphatic rings. The van der Waals surface area contributed by atoms with Crippen molar-refractivity contribution >= 4 is 34.4 Å². The van der Waals surface area contributed by atoms with Gasteiger partial charge in [0.05, 0.1) is 17.6 Å². The third-order valence-corrected chi connectivity index (χ3v) is 5.32. The van der Waals surface area contributed by atoms with Crippen LogP contribution >= 0.6 is 0 Å². The Bertz CT molecular complexity index is 1580. The van der Waals surface area contributed by atoms with Gasteiger partial charge in [-0.2, -0.15) is 5.10 Å². The summed E-state index contributed by atoms with van der Waals surface area (Å²) in [5.74, 6) is -0.160. The number of allylic oxidation sites excluding steroid dienone is 3. The summed E-state index contributed by atoms with van der Waals surface area (Å²) in [6.07, 6.45) is 5.96. The van der Waals surface area contributed by atoms with Gasteiger partial charge < -0.3 is 15.0 Å². The minimum absolute atomic E-state index is 0.0944. The number of aromatic amines is 1. The molecule has 11 heteroatoms. The molecule has 10 nitrogen and oxygen atoms in total. The molecule has 2 amide bonds. The van der Waals surface area contributed by atoms with E-state index in [1.54, 1.807) is 16.8 Å². The number of nitrogens with zero attached hydrogens (tertiary/aromatic N) is 4. The third-order valence-electron chi connectivity index (χ3n) is 5.32. The molecule has 1 aromatic carbocycles. The molecular formula is C26H26FN7O3. The van der Waals surface area contributed by atoms with Gasteiger partial charge in [-0.1, -0.05) is 33.4 Å². The molecule has 3 heterocycles. The molecule has 3 N–H and O–H groups in total. The number of hydrogen-bond acceptors (Lipinski definition) is 6. The number of hydrogen-bond donors (Lipinski definition) is 3. The molecule has 0 unspecified atom stereocenters. The summed E-state index contributed by atoms with van der Waals surface area (Å²) >= 11 is 0. The summed E-state index contributed by atoms with van der Waals surface area (Å²) in [5.41, 5.74) is 1.50. The fourth-order valence-electron chi connectivity index (χ4n) is 3.43. The van der Waals surface area contributed by atoms with E-state index < -0.39 is 17.4 Å². The van der Waals surface area contributed by atoms with Gasteiger partial charge in [0, 0.05) is 35.5 Å². The Labute approximate surface area is 211 Å². The van der Waals surface area contributed by atoms with Crippen LogP contribution in [0.4, 0.5) is 20.7 Å². The normalized spacial score (nSPS) is 11.9. The van der Waals surface area contributed by atoms with Crippen molar-refractivity contribution in [1.82, 2.24) is 24.7 Å². The number of H-pyrrole nitrogens is 1. The Hall–Kier alpha value is -4.80. The van der Waals surface area contributed by atoms with Crippen molar-refractivity contribution in [2.75, 3.05) is 10.6 Å². The van der Waals surface area contributed by atoms with Crippen LogP contribution < -0.4 is 20.9 Å². The predicted molar refractivity (Wildman–Crippen MR) is 140 cm³/mol. The van der Waals surface area contributed by atoms with Crippen LogP contribution in [0.1, 0.15) is 33.4 Å². The number of benzene rings is 1. The number of carbonyl (C=O) groups excluding carboxylic acids is 1. The van der Waals surface area contributed by atoms with Gasteiger partial charge in [0.1, 0.15) is 11.3 Å².